The van der Waals surface area contributed by atoms with Gasteiger partial charge < -0.3 is 15.0 Å². The highest BCUT2D eigenvalue weighted by atomic mass is 35.5. The van der Waals surface area contributed by atoms with Gasteiger partial charge in [-0.25, -0.2) is 9.37 Å². The summed E-state index contributed by atoms with van der Waals surface area (Å²) in [6, 6.07) is 5.78. The summed E-state index contributed by atoms with van der Waals surface area (Å²) in [5.74, 6) is -0.445. The van der Waals surface area contributed by atoms with Crippen molar-refractivity contribution in [2.24, 2.45) is 0 Å². The third-order valence-electron chi connectivity index (χ3n) is 5.02. The predicted octanol–water partition coefficient (Wildman–Crippen LogP) is 2.96. The number of piperidine rings is 1. The number of aliphatic hydroxyl groups is 1. The molecule has 1 aromatic carbocycles. The van der Waals surface area contributed by atoms with Gasteiger partial charge in [0.15, 0.2) is 5.78 Å². The van der Waals surface area contributed by atoms with Crippen molar-refractivity contribution >= 4 is 28.4 Å². The van der Waals surface area contributed by atoms with Gasteiger partial charge in [0.1, 0.15) is 11.3 Å². The van der Waals surface area contributed by atoms with Gasteiger partial charge in [-0.2, -0.15) is 0 Å². The summed E-state index contributed by atoms with van der Waals surface area (Å²) in [5, 5.41) is 13.5. The molecule has 0 spiro atoms. The van der Waals surface area contributed by atoms with Crippen LogP contribution in [0.15, 0.2) is 36.8 Å². The first-order valence-electron chi connectivity index (χ1n) is 9.21. The maximum atomic E-state index is 13.7. The second-order valence-electron chi connectivity index (χ2n) is 7.07. The number of carbonyl (C=O) groups excluding carboxylic acids is 1. The van der Waals surface area contributed by atoms with E-state index in [1.54, 1.807) is 29.2 Å². The zero-order valence-electron chi connectivity index (χ0n) is 15.1. The van der Waals surface area contributed by atoms with Crippen LogP contribution in [-0.2, 0) is 11.3 Å². The number of pyridine rings is 1. The first-order chi connectivity index (χ1) is 13.5. The molecule has 1 fully saturated rings. The summed E-state index contributed by atoms with van der Waals surface area (Å²) in [6.07, 6.45) is 4.58. The number of carbonyl (C=O) groups is 1. The molecule has 1 saturated heterocycles. The lowest BCUT2D eigenvalue weighted by atomic mass is 9.97. The fourth-order valence-corrected chi connectivity index (χ4v) is 3.89. The van der Waals surface area contributed by atoms with Gasteiger partial charge in [0, 0.05) is 29.2 Å². The van der Waals surface area contributed by atoms with Crippen LogP contribution in [0.3, 0.4) is 0 Å². The highest BCUT2D eigenvalue weighted by Crippen LogP contribution is 2.28. The van der Waals surface area contributed by atoms with Gasteiger partial charge in [-0.3, -0.25) is 9.78 Å². The first-order valence-corrected chi connectivity index (χ1v) is 9.58. The summed E-state index contributed by atoms with van der Waals surface area (Å²) in [5.41, 5.74) is 2.35. The minimum Gasteiger partial charge on any atom is -0.391 e. The number of rotatable bonds is 5. The highest BCUT2D eigenvalue weighted by molar-refractivity contribution is 6.30. The lowest BCUT2D eigenvalue weighted by Crippen LogP contribution is -2.46. The number of imidazole rings is 1. The standard InChI is InChI=1S/C20H20ClFN4O2/c21-13-6-12(7-14(22)8-13)19-20-17(3-5-24-19)26(11-25-20)10-15(27)9-16-18(28)2-1-4-23-16/h3,5-8,11,16,18,23,28H,1-2,4,9-10H2/t16-,18+/m1/s1. The van der Waals surface area contributed by atoms with Crippen LogP contribution in [0.1, 0.15) is 19.3 Å². The van der Waals surface area contributed by atoms with Crippen molar-refractivity contribution in [3.63, 3.8) is 0 Å². The molecule has 0 bridgehead atoms. The van der Waals surface area contributed by atoms with Crippen LogP contribution < -0.4 is 5.32 Å². The number of Topliss-reactive ketones (excluding diaryl/α,β-unsaturated/α-hetero) is 1. The van der Waals surface area contributed by atoms with Crippen LogP contribution in [-0.4, -0.2) is 44.1 Å². The van der Waals surface area contributed by atoms with Crippen molar-refractivity contribution in [2.45, 2.75) is 38.0 Å². The minimum absolute atomic E-state index is 0.00455. The number of aliphatic hydroxyl groups excluding tert-OH is 1. The zero-order valence-corrected chi connectivity index (χ0v) is 15.9. The number of fused-ring (bicyclic) bond motifs is 1. The lowest BCUT2D eigenvalue weighted by Gasteiger charge is -2.28. The molecule has 0 unspecified atom stereocenters. The Bertz CT molecular complexity index is 1000. The van der Waals surface area contributed by atoms with Crippen LogP contribution in [0.25, 0.3) is 22.3 Å². The molecule has 0 saturated carbocycles. The van der Waals surface area contributed by atoms with Crippen molar-refractivity contribution in [2.75, 3.05) is 6.54 Å². The first kappa shape index (κ1) is 19.0. The number of nitrogens with one attached hydrogen (secondary N) is 1. The number of hydrogen-bond donors (Lipinski definition) is 2. The van der Waals surface area contributed by atoms with Crippen molar-refractivity contribution in [1.29, 1.82) is 0 Å². The number of halogens is 2. The SMILES string of the molecule is O=C(C[C@H]1NCCC[C@@H]1O)Cn1cnc2c(-c3cc(F)cc(Cl)c3)nccc21. The van der Waals surface area contributed by atoms with Crippen LogP contribution >= 0.6 is 11.6 Å². The maximum Gasteiger partial charge on any atom is 0.154 e. The Hall–Kier alpha value is -2.35. The van der Waals surface area contributed by atoms with E-state index in [0.717, 1.165) is 18.5 Å². The van der Waals surface area contributed by atoms with Gasteiger partial charge in [-0.15, -0.1) is 0 Å². The largest absolute Gasteiger partial charge is 0.391 e. The number of ketones is 1. The van der Waals surface area contributed by atoms with E-state index in [1.807, 2.05) is 0 Å². The molecule has 8 heteroatoms. The van der Waals surface area contributed by atoms with Gasteiger partial charge in [-0.05, 0) is 43.7 Å². The molecule has 2 atom stereocenters. The summed E-state index contributed by atoms with van der Waals surface area (Å²) < 4.78 is 15.5. The molecule has 0 radical (unpaired) electrons. The van der Waals surface area contributed by atoms with Crippen LogP contribution in [0.4, 0.5) is 4.39 Å². The quantitative estimate of drug-likeness (QED) is 0.685. The van der Waals surface area contributed by atoms with E-state index in [2.05, 4.69) is 15.3 Å². The minimum atomic E-state index is -0.495. The molecule has 6 nitrogen and oxygen atoms in total. The summed E-state index contributed by atoms with van der Waals surface area (Å²) >= 11 is 5.97. The molecule has 146 valence electrons. The summed E-state index contributed by atoms with van der Waals surface area (Å²) in [7, 11) is 0. The third-order valence-corrected chi connectivity index (χ3v) is 5.23. The molecule has 28 heavy (non-hydrogen) atoms. The van der Waals surface area contributed by atoms with Crippen LogP contribution in [0, 0.1) is 5.82 Å². The fourth-order valence-electron chi connectivity index (χ4n) is 3.66. The lowest BCUT2D eigenvalue weighted by molar-refractivity contribution is -0.121. The zero-order chi connectivity index (χ0) is 19.7. The van der Waals surface area contributed by atoms with Crippen LogP contribution in [0.5, 0.6) is 0 Å². The Balaban J connectivity index is 1.58. The van der Waals surface area contributed by atoms with Gasteiger partial charge in [0.2, 0.25) is 0 Å². The molecule has 1 aliphatic heterocycles. The van der Waals surface area contributed by atoms with Crippen molar-refractivity contribution in [3.05, 3.63) is 47.6 Å². The van der Waals surface area contributed by atoms with Gasteiger partial charge >= 0.3 is 0 Å². The Morgan fingerprint density at radius 2 is 2.21 bits per heavy atom. The molecule has 2 aromatic heterocycles. The monoisotopic (exact) mass is 402 g/mol. The molecule has 1 aliphatic rings. The van der Waals surface area contributed by atoms with Crippen LogP contribution in [0.2, 0.25) is 5.02 Å². The fraction of sp³-hybridized carbons (Fsp3) is 0.350. The van der Waals surface area contributed by atoms with E-state index in [0.29, 0.717) is 23.2 Å². The molecule has 0 aliphatic carbocycles. The van der Waals surface area contributed by atoms with Crippen molar-refractivity contribution < 1.29 is 14.3 Å². The normalized spacial score (nSPS) is 19.8. The van der Waals surface area contributed by atoms with E-state index >= 15 is 0 Å². The number of aromatic nitrogens is 3. The molecular weight excluding hydrogens is 383 g/mol. The highest BCUT2D eigenvalue weighted by Gasteiger charge is 2.25. The summed E-state index contributed by atoms with van der Waals surface area (Å²) in [6.45, 7) is 0.961. The third kappa shape index (κ3) is 3.92. The second kappa shape index (κ2) is 7.95. The van der Waals surface area contributed by atoms with E-state index < -0.39 is 11.9 Å². The van der Waals surface area contributed by atoms with Crippen molar-refractivity contribution in [1.82, 2.24) is 19.9 Å². The summed E-state index contributed by atoms with van der Waals surface area (Å²) in [4.78, 5) is 21.2. The van der Waals surface area contributed by atoms with Gasteiger partial charge in [-0.1, -0.05) is 11.6 Å². The van der Waals surface area contributed by atoms with E-state index in [4.69, 9.17) is 11.6 Å². The Morgan fingerprint density at radius 1 is 1.36 bits per heavy atom. The second-order valence-corrected chi connectivity index (χ2v) is 7.51. The number of benzene rings is 1. The number of nitrogens with zero attached hydrogens (tertiary/aromatic N) is 3. The topological polar surface area (TPSA) is 80.0 Å². The van der Waals surface area contributed by atoms with E-state index in [1.165, 1.54) is 12.1 Å². The maximum absolute atomic E-state index is 13.7. The predicted molar refractivity (Wildman–Crippen MR) is 105 cm³/mol. The molecule has 3 aromatic rings. The molecule has 2 N–H and O–H groups in total. The molecular formula is C20H20ClFN4O2. The number of hydrogen-bond acceptors (Lipinski definition) is 5. The van der Waals surface area contributed by atoms with E-state index in [9.17, 15) is 14.3 Å². The molecule has 3 heterocycles. The molecule has 4 rings (SSSR count). The van der Waals surface area contributed by atoms with Gasteiger partial charge in [0.25, 0.3) is 0 Å². The Labute approximate surface area is 166 Å². The average molecular weight is 403 g/mol. The average Bonchev–Trinajstić information content (AvgIpc) is 3.06. The molecule has 0 amide bonds. The Morgan fingerprint density at radius 3 is 3.00 bits per heavy atom. The van der Waals surface area contributed by atoms with E-state index in [-0.39, 0.29) is 29.8 Å². The van der Waals surface area contributed by atoms with Gasteiger partial charge in [0.05, 0.1) is 30.2 Å². The van der Waals surface area contributed by atoms with Crippen molar-refractivity contribution in [3.8, 4) is 11.3 Å². The smallest absolute Gasteiger partial charge is 0.154 e. The Kier molecular flexibility index (Phi) is 5.39.